The molecular formula is C12H14N4O. The molecule has 0 amide bonds. The molecule has 0 radical (unpaired) electrons. The van der Waals surface area contributed by atoms with E-state index in [1.165, 1.54) is 0 Å². The van der Waals surface area contributed by atoms with Crippen LogP contribution in [0.1, 0.15) is 5.69 Å². The highest BCUT2D eigenvalue weighted by Crippen LogP contribution is 2.19. The van der Waals surface area contributed by atoms with Gasteiger partial charge in [-0.05, 0) is 18.2 Å². The Balaban J connectivity index is 2.18. The number of hydrogen-bond donors (Lipinski definition) is 2. The van der Waals surface area contributed by atoms with Gasteiger partial charge in [0, 0.05) is 24.5 Å². The fourth-order valence-electron chi connectivity index (χ4n) is 1.40. The lowest BCUT2D eigenvalue weighted by Gasteiger charge is -2.07. The molecule has 17 heavy (non-hydrogen) atoms. The van der Waals surface area contributed by atoms with Crippen LogP contribution in [-0.4, -0.2) is 17.1 Å². The van der Waals surface area contributed by atoms with Crippen molar-refractivity contribution in [3.8, 4) is 5.75 Å². The van der Waals surface area contributed by atoms with Crippen molar-refractivity contribution in [1.82, 2.24) is 9.97 Å². The van der Waals surface area contributed by atoms with Gasteiger partial charge in [0.15, 0.2) is 0 Å². The van der Waals surface area contributed by atoms with E-state index in [0.717, 1.165) is 17.1 Å². The average molecular weight is 230 g/mol. The zero-order valence-electron chi connectivity index (χ0n) is 9.55. The van der Waals surface area contributed by atoms with Crippen LogP contribution in [-0.2, 0) is 6.54 Å². The number of nitrogens with one attached hydrogen (secondary N) is 1. The van der Waals surface area contributed by atoms with Gasteiger partial charge in [0.05, 0.1) is 12.8 Å². The van der Waals surface area contributed by atoms with Crippen molar-refractivity contribution >= 4 is 11.6 Å². The first-order valence-electron chi connectivity index (χ1n) is 5.25. The van der Waals surface area contributed by atoms with E-state index in [-0.39, 0.29) is 0 Å². The van der Waals surface area contributed by atoms with Gasteiger partial charge in [-0.25, -0.2) is 9.97 Å². The second-order valence-electron chi connectivity index (χ2n) is 3.43. The van der Waals surface area contributed by atoms with Gasteiger partial charge in [0.25, 0.3) is 0 Å². The second kappa shape index (κ2) is 5.27. The Hall–Kier alpha value is -2.14. The maximum Gasteiger partial charge on any atom is 0.227 e. The smallest absolute Gasteiger partial charge is 0.227 e. The van der Waals surface area contributed by atoms with Gasteiger partial charge in [-0.2, -0.15) is 0 Å². The molecule has 3 N–H and O–H groups in total. The topological polar surface area (TPSA) is 73.1 Å². The second-order valence-corrected chi connectivity index (χ2v) is 3.43. The van der Waals surface area contributed by atoms with Gasteiger partial charge >= 0.3 is 0 Å². The minimum atomic E-state index is 0.398. The minimum Gasteiger partial charge on any atom is -0.497 e. The molecule has 0 aliphatic heterocycles. The molecule has 0 fully saturated rings. The average Bonchev–Trinajstić information content (AvgIpc) is 2.39. The number of ether oxygens (including phenoxy) is 1. The number of anilines is 2. The molecule has 88 valence electrons. The summed E-state index contributed by atoms with van der Waals surface area (Å²) in [6.07, 6.45) is 1.68. The van der Waals surface area contributed by atoms with Crippen molar-refractivity contribution in [2.75, 3.05) is 12.4 Å². The van der Waals surface area contributed by atoms with Crippen molar-refractivity contribution in [2.24, 2.45) is 5.73 Å². The molecule has 2 aromatic rings. The van der Waals surface area contributed by atoms with Crippen molar-refractivity contribution in [2.45, 2.75) is 6.54 Å². The van der Waals surface area contributed by atoms with E-state index in [2.05, 4.69) is 15.3 Å². The van der Waals surface area contributed by atoms with Crippen molar-refractivity contribution in [1.29, 1.82) is 0 Å². The number of rotatable bonds is 4. The minimum absolute atomic E-state index is 0.398. The van der Waals surface area contributed by atoms with Crippen LogP contribution >= 0.6 is 0 Å². The Morgan fingerprint density at radius 1 is 1.35 bits per heavy atom. The molecule has 1 heterocycles. The van der Waals surface area contributed by atoms with Gasteiger partial charge in [-0.15, -0.1) is 0 Å². The summed E-state index contributed by atoms with van der Waals surface area (Å²) in [7, 11) is 1.63. The standard InChI is InChI=1S/C12H14N4O/c1-17-11-4-2-3-9(7-11)15-12-14-6-5-10(8-13)16-12/h2-7H,8,13H2,1H3,(H,14,15,16). The number of methoxy groups -OCH3 is 1. The molecule has 0 saturated carbocycles. The van der Waals surface area contributed by atoms with Gasteiger partial charge in [0.2, 0.25) is 5.95 Å². The maximum atomic E-state index is 5.52. The van der Waals surface area contributed by atoms with Gasteiger partial charge in [-0.1, -0.05) is 6.07 Å². The highest BCUT2D eigenvalue weighted by molar-refractivity contribution is 5.55. The highest BCUT2D eigenvalue weighted by atomic mass is 16.5. The van der Waals surface area contributed by atoms with Crippen molar-refractivity contribution < 1.29 is 4.74 Å². The van der Waals surface area contributed by atoms with Crippen LogP contribution in [0.4, 0.5) is 11.6 Å². The Morgan fingerprint density at radius 2 is 2.24 bits per heavy atom. The third-order valence-electron chi connectivity index (χ3n) is 2.25. The molecule has 5 nitrogen and oxygen atoms in total. The van der Waals surface area contributed by atoms with Crippen LogP contribution in [0.5, 0.6) is 5.75 Å². The Labute approximate surface area is 99.7 Å². The van der Waals surface area contributed by atoms with Crippen LogP contribution in [0.15, 0.2) is 36.5 Å². The summed E-state index contributed by atoms with van der Waals surface area (Å²) >= 11 is 0. The van der Waals surface area contributed by atoms with Crippen LogP contribution in [0.2, 0.25) is 0 Å². The third kappa shape index (κ3) is 2.92. The summed E-state index contributed by atoms with van der Waals surface area (Å²) in [4.78, 5) is 8.37. The van der Waals surface area contributed by atoms with E-state index in [4.69, 9.17) is 10.5 Å². The van der Waals surface area contributed by atoms with Gasteiger partial charge in [-0.3, -0.25) is 0 Å². The Morgan fingerprint density at radius 3 is 3.00 bits per heavy atom. The molecule has 0 aliphatic rings. The lowest BCUT2D eigenvalue weighted by atomic mass is 10.3. The maximum absolute atomic E-state index is 5.52. The Kier molecular flexibility index (Phi) is 3.52. The number of aromatic nitrogens is 2. The lowest BCUT2D eigenvalue weighted by Crippen LogP contribution is -2.03. The molecule has 0 unspecified atom stereocenters. The lowest BCUT2D eigenvalue weighted by molar-refractivity contribution is 0.415. The number of benzene rings is 1. The molecule has 0 atom stereocenters. The predicted octanol–water partition coefficient (Wildman–Crippen LogP) is 1.69. The van der Waals surface area contributed by atoms with Crippen molar-refractivity contribution in [3.05, 3.63) is 42.2 Å². The molecule has 2 rings (SSSR count). The normalized spacial score (nSPS) is 10.0. The quantitative estimate of drug-likeness (QED) is 0.836. The van der Waals surface area contributed by atoms with E-state index >= 15 is 0 Å². The largest absolute Gasteiger partial charge is 0.497 e. The Bertz CT molecular complexity index is 456. The van der Waals surface area contributed by atoms with Gasteiger partial charge < -0.3 is 15.8 Å². The monoisotopic (exact) mass is 230 g/mol. The molecule has 1 aromatic carbocycles. The molecule has 5 heteroatoms. The SMILES string of the molecule is COc1cccc(Nc2nccc(CN)n2)c1. The number of nitrogens with zero attached hydrogens (tertiary/aromatic N) is 2. The summed E-state index contributed by atoms with van der Waals surface area (Å²) in [5.41, 5.74) is 7.19. The van der Waals surface area contributed by atoms with Crippen molar-refractivity contribution in [3.63, 3.8) is 0 Å². The summed E-state index contributed by atoms with van der Waals surface area (Å²) in [5.74, 6) is 1.31. The van der Waals surface area contributed by atoms with Crippen LogP contribution in [0.3, 0.4) is 0 Å². The molecule has 0 saturated heterocycles. The van der Waals surface area contributed by atoms with E-state index in [1.54, 1.807) is 19.4 Å². The third-order valence-corrected chi connectivity index (χ3v) is 2.25. The zero-order valence-corrected chi connectivity index (χ0v) is 9.55. The van der Waals surface area contributed by atoms with Crippen LogP contribution in [0, 0.1) is 0 Å². The summed E-state index contributed by atoms with van der Waals surface area (Å²) in [5, 5.41) is 3.10. The molecule has 1 aromatic heterocycles. The first-order chi connectivity index (χ1) is 8.31. The zero-order chi connectivity index (χ0) is 12.1. The molecular weight excluding hydrogens is 216 g/mol. The summed E-state index contributed by atoms with van der Waals surface area (Å²) in [6.45, 7) is 0.398. The predicted molar refractivity (Wildman–Crippen MR) is 66.2 cm³/mol. The summed E-state index contributed by atoms with van der Waals surface area (Å²) < 4.78 is 5.14. The van der Waals surface area contributed by atoms with E-state index in [1.807, 2.05) is 24.3 Å². The van der Waals surface area contributed by atoms with Gasteiger partial charge in [0.1, 0.15) is 5.75 Å². The number of hydrogen-bond acceptors (Lipinski definition) is 5. The van der Waals surface area contributed by atoms with E-state index < -0.39 is 0 Å². The molecule has 0 spiro atoms. The molecule has 0 aliphatic carbocycles. The highest BCUT2D eigenvalue weighted by Gasteiger charge is 2.00. The van der Waals surface area contributed by atoms with E-state index in [0.29, 0.717) is 12.5 Å². The fourth-order valence-corrected chi connectivity index (χ4v) is 1.40. The number of nitrogens with two attached hydrogens (primary N) is 1. The van der Waals surface area contributed by atoms with E-state index in [9.17, 15) is 0 Å². The van der Waals surface area contributed by atoms with Crippen LogP contribution < -0.4 is 15.8 Å². The summed E-state index contributed by atoms with van der Waals surface area (Å²) in [6, 6.07) is 9.35. The van der Waals surface area contributed by atoms with Crippen LogP contribution in [0.25, 0.3) is 0 Å². The first-order valence-corrected chi connectivity index (χ1v) is 5.25. The first kappa shape index (κ1) is 11.3. The fraction of sp³-hybridized carbons (Fsp3) is 0.167. The molecule has 0 bridgehead atoms.